The number of benzene rings is 1. The molecule has 6 nitrogen and oxygen atoms in total. The number of hydrogen-bond acceptors (Lipinski definition) is 5. The van der Waals surface area contributed by atoms with Crippen molar-refractivity contribution in [2.45, 2.75) is 13.3 Å². The summed E-state index contributed by atoms with van der Waals surface area (Å²) in [5, 5.41) is 4.36. The van der Waals surface area contributed by atoms with Crippen molar-refractivity contribution in [1.82, 2.24) is 9.38 Å². The summed E-state index contributed by atoms with van der Waals surface area (Å²) in [4.78, 5) is 28.5. The SMILES string of the molecule is Cc1ccc(NC(=O)COC(=O)Cc2cn3ccsc3n2)cc1F. The van der Waals surface area contributed by atoms with E-state index in [1.54, 1.807) is 25.3 Å². The van der Waals surface area contributed by atoms with Crippen molar-refractivity contribution < 1.29 is 18.7 Å². The summed E-state index contributed by atoms with van der Waals surface area (Å²) in [7, 11) is 0. The number of amides is 1. The lowest BCUT2D eigenvalue weighted by Crippen LogP contribution is -2.21. The predicted molar refractivity (Wildman–Crippen MR) is 87.5 cm³/mol. The van der Waals surface area contributed by atoms with Gasteiger partial charge in [-0.25, -0.2) is 9.37 Å². The number of rotatable bonds is 5. The van der Waals surface area contributed by atoms with Crippen LogP contribution < -0.4 is 5.32 Å². The average Bonchev–Trinajstić information content (AvgIpc) is 3.10. The van der Waals surface area contributed by atoms with Gasteiger partial charge in [0.05, 0.1) is 12.1 Å². The molecule has 2 aromatic heterocycles. The minimum atomic E-state index is -0.550. The van der Waals surface area contributed by atoms with Crippen LogP contribution in [0.3, 0.4) is 0 Å². The third-order valence-electron chi connectivity index (χ3n) is 3.29. The predicted octanol–water partition coefficient (Wildman–Crippen LogP) is 2.57. The number of thiazole rings is 1. The Balaban J connectivity index is 1.49. The number of nitrogens with one attached hydrogen (secondary N) is 1. The van der Waals surface area contributed by atoms with Gasteiger partial charge in [0.2, 0.25) is 0 Å². The number of carbonyl (C=O) groups excluding carboxylic acids is 2. The van der Waals surface area contributed by atoms with Crippen molar-refractivity contribution in [2.24, 2.45) is 0 Å². The van der Waals surface area contributed by atoms with Crippen LogP contribution in [0.25, 0.3) is 4.96 Å². The van der Waals surface area contributed by atoms with Gasteiger partial charge in [-0.2, -0.15) is 0 Å². The van der Waals surface area contributed by atoms with Crippen LogP contribution in [0.5, 0.6) is 0 Å². The van der Waals surface area contributed by atoms with E-state index < -0.39 is 24.3 Å². The van der Waals surface area contributed by atoms with Crippen LogP contribution in [-0.2, 0) is 20.7 Å². The molecule has 0 spiro atoms. The Bertz CT molecular complexity index is 874. The Morgan fingerprint density at radius 1 is 1.42 bits per heavy atom. The molecule has 124 valence electrons. The lowest BCUT2D eigenvalue weighted by atomic mass is 10.2. The van der Waals surface area contributed by atoms with Crippen molar-refractivity contribution >= 4 is 33.9 Å². The molecule has 1 amide bonds. The van der Waals surface area contributed by atoms with Crippen LogP contribution in [0.4, 0.5) is 10.1 Å². The maximum Gasteiger partial charge on any atom is 0.312 e. The van der Waals surface area contributed by atoms with E-state index in [1.165, 1.54) is 17.4 Å². The number of nitrogens with zero attached hydrogens (tertiary/aromatic N) is 2. The van der Waals surface area contributed by atoms with Crippen molar-refractivity contribution in [3.8, 4) is 0 Å². The van der Waals surface area contributed by atoms with Crippen LogP contribution in [0.1, 0.15) is 11.3 Å². The van der Waals surface area contributed by atoms with E-state index in [4.69, 9.17) is 4.74 Å². The second-order valence-corrected chi connectivity index (χ2v) is 6.05. The molecule has 2 heterocycles. The minimum absolute atomic E-state index is 0.0131. The Hall–Kier alpha value is -2.74. The molecule has 24 heavy (non-hydrogen) atoms. The molecule has 0 saturated carbocycles. The summed E-state index contributed by atoms with van der Waals surface area (Å²) in [6.45, 7) is 1.19. The van der Waals surface area contributed by atoms with E-state index in [1.807, 2.05) is 16.0 Å². The standard InChI is InChI=1S/C16H14FN3O3S/c1-10-2-3-11(6-13(10)17)18-14(21)9-23-15(22)7-12-8-20-4-5-24-16(20)19-12/h2-6,8H,7,9H2,1H3,(H,18,21). The molecule has 0 fully saturated rings. The fourth-order valence-corrected chi connectivity index (χ4v) is 2.79. The number of imidazole rings is 1. The zero-order chi connectivity index (χ0) is 17.1. The monoisotopic (exact) mass is 347 g/mol. The van der Waals surface area contributed by atoms with Gasteiger partial charge in [0.25, 0.3) is 5.91 Å². The molecule has 0 saturated heterocycles. The molecular weight excluding hydrogens is 333 g/mol. The third-order valence-corrected chi connectivity index (χ3v) is 4.06. The van der Waals surface area contributed by atoms with Gasteiger partial charge >= 0.3 is 5.97 Å². The number of aromatic nitrogens is 2. The molecule has 0 unspecified atom stereocenters. The number of anilines is 1. The van der Waals surface area contributed by atoms with Gasteiger partial charge in [-0.1, -0.05) is 6.07 Å². The molecule has 1 aromatic carbocycles. The molecule has 0 atom stereocenters. The first-order chi connectivity index (χ1) is 11.5. The number of carbonyl (C=O) groups is 2. The first kappa shape index (κ1) is 16.1. The number of fused-ring (bicyclic) bond motifs is 1. The van der Waals surface area contributed by atoms with Gasteiger partial charge in [0.15, 0.2) is 11.6 Å². The fourth-order valence-electron chi connectivity index (χ4n) is 2.07. The highest BCUT2D eigenvalue weighted by molar-refractivity contribution is 7.15. The van der Waals surface area contributed by atoms with Crippen LogP contribution in [0.2, 0.25) is 0 Å². The van der Waals surface area contributed by atoms with E-state index in [2.05, 4.69) is 10.3 Å². The molecule has 0 aliphatic heterocycles. The summed E-state index contributed by atoms with van der Waals surface area (Å²) in [6.07, 6.45) is 3.57. The van der Waals surface area contributed by atoms with Gasteiger partial charge in [-0.15, -0.1) is 11.3 Å². The quantitative estimate of drug-likeness (QED) is 0.720. The highest BCUT2D eigenvalue weighted by Gasteiger charge is 2.12. The number of hydrogen-bond donors (Lipinski definition) is 1. The first-order valence-electron chi connectivity index (χ1n) is 7.14. The highest BCUT2D eigenvalue weighted by atomic mass is 32.1. The maximum atomic E-state index is 13.4. The molecule has 3 aromatic rings. The summed E-state index contributed by atoms with van der Waals surface area (Å²) in [6, 6.07) is 4.35. The van der Waals surface area contributed by atoms with Crippen molar-refractivity contribution in [3.05, 3.63) is 53.0 Å². The normalized spacial score (nSPS) is 10.8. The molecule has 0 bridgehead atoms. The number of esters is 1. The second kappa shape index (κ2) is 6.79. The molecule has 0 aliphatic rings. The zero-order valence-corrected chi connectivity index (χ0v) is 13.6. The zero-order valence-electron chi connectivity index (χ0n) is 12.8. The molecule has 1 N–H and O–H groups in total. The van der Waals surface area contributed by atoms with Crippen LogP contribution in [-0.4, -0.2) is 27.9 Å². The van der Waals surface area contributed by atoms with Crippen LogP contribution in [0.15, 0.2) is 36.0 Å². The minimum Gasteiger partial charge on any atom is -0.455 e. The molecule has 3 rings (SSSR count). The third kappa shape index (κ3) is 3.77. The number of aryl methyl sites for hydroxylation is 1. The van der Waals surface area contributed by atoms with Gasteiger partial charge in [-0.05, 0) is 24.6 Å². The Labute approximate surface area is 140 Å². The maximum absolute atomic E-state index is 13.4. The first-order valence-corrected chi connectivity index (χ1v) is 8.02. The van der Waals surface area contributed by atoms with E-state index in [0.717, 1.165) is 4.96 Å². The molecule has 8 heteroatoms. The van der Waals surface area contributed by atoms with E-state index in [0.29, 0.717) is 16.9 Å². The number of halogens is 1. The largest absolute Gasteiger partial charge is 0.455 e. The molecule has 0 radical (unpaired) electrons. The second-order valence-electron chi connectivity index (χ2n) is 5.17. The Morgan fingerprint density at radius 3 is 3.00 bits per heavy atom. The fraction of sp³-hybridized carbons (Fsp3) is 0.188. The van der Waals surface area contributed by atoms with Gasteiger partial charge in [0, 0.05) is 23.5 Å². The summed E-state index contributed by atoms with van der Waals surface area (Å²) in [5.74, 6) is -1.49. The lowest BCUT2D eigenvalue weighted by molar-refractivity contribution is -0.146. The summed E-state index contributed by atoms with van der Waals surface area (Å²) in [5.41, 5.74) is 1.38. The van der Waals surface area contributed by atoms with E-state index in [-0.39, 0.29) is 6.42 Å². The molecule has 0 aliphatic carbocycles. The summed E-state index contributed by atoms with van der Waals surface area (Å²) < 4.78 is 20.1. The topological polar surface area (TPSA) is 72.7 Å². The van der Waals surface area contributed by atoms with Crippen LogP contribution >= 0.6 is 11.3 Å². The van der Waals surface area contributed by atoms with Gasteiger partial charge in [0.1, 0.15) is 5.82 Å². The van der Waals surface area contributed by atoms with Crippen molar-refractivity contribution in [2.75, 3.05) is 11.9 Å². The summed E-state index contributed by atoms with van der Waals surface area (Å²) >= 11 is 1.46. The lowest BCUT2D eigenvalue weighted by Gasteiger charge is -2.07. The van der Waals surface area contributed by atoms with E-state index >= 15 is 0 Å². The number of ether oxygens (including phenoxy) is 1. The smallest absolute Gasteiger partial charge is 0.312 e. The van der Waals surface area contributed by atoms with Crippen LogP contribution in [0, 0.1) is 12.7 Å². The highest BCUT2D eigenvalue weighted by Crippen LogP contribution is 2.14. The Kier molecular flexibility index (Phi) is 4.57. The van der Waals surface area contributed by atoms with Gasteiger partial charge < -0.3 is 10.1 Å². The molecular formula is C16H14FN3O3S. The van der Waals surface area contributed by atoms with Gasteiger partial charge in [-0.3, -0.25) is 14.0 Å². The average molecular weight is 347 g/mol. The van der Waals surface area contributed by atoms with Crippen molar-refractivity contribution in [3.63, 3.8) is 0 Å². The Morgan fingerprint density at radius 2 is 2.25 bits per heavy atom. The van der Waals surface area contributed by atoms with E-state index in [9.17, 15) is 14.0 Å². The van der Waals surface area contributed by atoms with Crippen molar-refractivity contribution in [1.29, 1.82) is 0 Å².